The molecule has 0 aromatic heterocycles. The first-order valence-corrected chi connectivity index (χ1v) is 37.2. The van der Waals surface area contributed by atoms with E-state index in [1.54, 1.807) is 0 Å². The number of quaternary nitrogens is 1. The highest BCUT2D eigenvalue weighted by atomic mass is 16.7. The van der Waals surface area contributed by atoms with Crippen LogP contribution in [0.4, 0.5) is 0 Å². The fourth-order valence-corrected chi connectivity index (χ4v) is 11.2. The van der Waals surface area contributed by atoms with E-state index < -0.39 is 18.4 Å². The Balaban J connectivity index is 3.99. The second-order valence-corrected chi connectivity index (χ2v) is 26.6. The Morgan fingerprint density at radius 2 is 0.635 bits per heavy atom. The Bertz CT molecular complexity index is 1490. The van der Waals surface area contributed by atoms with Crippen molar-refractivity contribution in [2.24, 2.45) is 0 Å². The van der Waals surface area contributed by atoms with Crippen molar-refractivity contribution < 1.29 is 42.9 Å². The zero-order valence-electron chi connectivity index (χ0n) is 57.3. The highest BCUT2D eigenvalue weighted by molar-refractivity contribution is 5.71. The van der Waals surface area contributed by atoms with Gasteiger partial charge in [0.2, 0.25) is 0 Å². The van der Waals surface area contributed by atoms with Gasteiger partial charge in [-0.1, -0.05) is 346 Å². The maximum Gasteiger partial charge on any atom is 0.361 e. The first-order valence-electron chi connectivity index (χ1n) is 37.2. The summed E-state index contributed by atoms with van der Waals surface area (Å²) in [6, 6.07) is 0. The third-order valence-corrected chi connectivity index (χ3v) is 16.9. The second kappa shape index (κ2) is 67.4. The van der Waals surface area contributed by atoms with Gasteiger partial charge >= 0.3 is 17.9 Å². The van der Waals surface area contributed by atoms with E-state index in [4.69, 9.17) is 18.9 Å². The Kier molecular flexibility index (Phi) is 65.5. The van der Waals surface area contributed by atoms with Gasteiger partial charge in [-0.3, -0.25) is 9.59 Å². The molecule has 500 valence electrons. The van der Waals surface area contributed by atoms with E-state index in [2.05, 4.69) is 50.3 Å². The molecule has 0 spiro atoms. The van der Waals surface area contributed by atoms with Gasteiger partial charge in [0.05, 0.1) is 34.4 Å². The summed E-state index contributed by atoms with van der Waals surface area (Å²) in [6.45, 7) is 4.94. The molecule has 0 bridgehead atoms. The van der Waals surface area contributed by atoms with Gasteiger partial charge in [0.15, 0.2) is 6.10 Å². The minimum Gasteiger partial charge on any atom is -0.477 e. The minimum atomic E-state index is -1.51. The summed E-state index contributed by atoms with van der Waals surface area (Å²) in [6.07, 6.45) is 82.8. The lowest BCUT2D eigenvalue weighted by atomic mass is 10.0. The number of ether oxygens (including phenoxy) is 4. The summed E-state index contributed by atoms with van der Waals surface area (Å²) in [5.41, 5.74) is 0. The fourth-order valence-electron chi connectivity index (χ4n) is 11.2. The van der Waals surface area contributed by atoms with Crippen molar-refractivity contribution in [2.45, 2.75) is 386 Å². The zero-order valence-corrected chi connectivity index (χ0v) is 57.3. The molecule has 2 atom stereocenters. The number of hydrogen-bond acceptors (Lipinski definition) is 7. The molecule has 9 nitrogen and oxygen atoms in total. The predicted octanol–water partition coefficient (Wildman–Crippen LogP) is 23.1. The quantitative estimate of drug-likeness (QED) is 0.0211. The van der Waals surface area contributed by atoms with Crippen LogP contribution < -0.4 is 0 Å². The van der Waals surface area contributed by atoms with Crippen molar-refractivity contribution in [2.75, 3.05) is 47.5 Å². The largest absolute Gasteiger partial charge is 0.477 e. The van der Waals surface area contributed by atoms with Crippen LogP contribution in [0.25, 0.3) is 0 Å². The molecule has 0 rings (SSSR count). The lowest BCUT2D eigenvalue weighted by Gasteiger charge is -2.25. The molecule has 0 saturated carbocycles. The van der Waals surface area contributed by atoms with Crippen LogP contribution in [0.2, 0.25) is 0 Å². The van der Waals surface area contributed by atoms with Crippen molar-refractivity contribution in [3.63, 3.8) is 0 Å². The summed E-state index contributed by atoms with van der Waals surface area (Å²) < 4.78 is 23.0. The van der Waals surface area contributed by atoms with Crippen molar-refractivity contribution >= 4 is 17.9 Å². The van der Waals surface area contributed by atoms with E-state index in [-0.39, 0.29) is 38.2 Å². The van der Waals surface area contributed by atoms with Crippen molar-refractivity contribution in [3.05, 3.63) is 36.5 Å². The molecule has 0 aromatic rings. The monoisotopic (exact) mass is 1200 g/mol. The van der Waals surface area contributed by atoms with Crippen molar-refractivity contribution in [1.82, 2.24) is 0 Å². The Labute approximate surface area is 528 Å². The first kappa shape index (κ1) is 82.5. The molecule has 0 aliphatic rings. The van der Waals surface area contributed by atoms with Crippen molar-refractivity contribution in [1.29, 1.82) is 0 Å². The molecule has 9 heteroatoms. The standard InChI is InChI=1S/C76H143NO8/c1-6-8-10-12-14-16-18-20-22-24-26-28-30-31-32-33-34-35-36-37-38-39-40-41-42-43-45-47-49-51-53-55-57-59-61-63-65-67-74(79)85-72(71-84-76(75(80)81)82-69-68-77(3,4)5)70-83-73(78)66-64-62-60-58-56-54-52-50-48-46-44-29-27-25-23-21-19-17-15-13-11-9-7-2/h18,20,24,26,30-31,72,76H,6-17,19,21-23,25,27-29,32-71H2,1-5H3/p+1/b20-18-,26-24-,31-30-. The van der Waals surface area contributed by atoms with Crippen LogP contribution >= 0.6 is 0 Å². The molecule has 0 aromatic carbocycles. The zero-order chi connectivity index (χ0) is 61.9. The number of carbonyl (C=O) groups excluding carboxylic acids is 2. The third-order valence-electron chi connectivity index (χ3n) is 16.9. The average molecular weight is 1200 g/mol. The van der Waals surface area contributed by atoms with Crippen LogP contribution in [0.5, 0.6) is 0 Å². The van der Waals surface area contributed by atoms with E-state index >= 15 is 0 Å². The van der Waals surface area contributed by atoms with Gasteiger partial charge in [0.1, 0.15) is 13.2 Å². The van der Waals surface area contributed by atoms with E-state index in [1.165, 1.54) is 295 Å². The maximum atomic E-state index is 13.0. The highest BCUT2D eigenvalue weighted by Crippen LogP contribution is 2.19. The summed E-state index contributed by atoms with van der Waals surface area (Å²) in [5.74, 6) is -1.97. The minimum absolute atomic E-state index is 0.175. The van der Waals surface area contributed by atoms with E-state index in [1.807, 2.05) is 21.1 Å². The van der Waals surface area contributed by atoms with Crippen LogP contribution in [0, 0.1) is 0 Å². The number of carbonyl (C=O) groups is 3. The number of nitrogens with zero attached hydrogens (tertiary/aromatic N) is 1. The lowest BCUT2D eigenvalue weighted by Crippen LogP contribution is -2.40. The maximum absolute atomic E-state index is 13.0. The van der Waals surface area contributed by atoms with Crippen LogP contribution in [0.3, 0.4) is 0 Å². The Morgan fingerprint density at radius 3 is 0.941 bits per heavy atom. The van der Waals surface area contributed by atoms with Crippen LogP contribution in [0.1, 0.15) is 373 Å². The molecule has 2 unspecified atom stereocenters. The molecule has 0 radical (unpaired) electrons. The molecular weight excluding hydrogens is 1050 g/mol. The van der Waals surface area contributed by atoms with Gasteiger partial charge in [0, 0.05) is 12.8 Å². The van der Waals surface area contributed by atoms with Gasteiger partial charge in [-0.15, -0.1) is 0 Å². The summed E-state index contributed by atoms with van der Waals surface area (Å²) >= 11 is 0. The van der Waals surface area contributed by atoms with E-state index in [0.717, 1.165) is 51.4 Å². The highest BCUT2D eigenvalue weighted by Gasteiger charge is 2.25. The average Bonchev–Trinajstić information content (AvgIpc) is 3.48. The van der Waals surface area contributed by atoms with Gasteiger partial charge in [0.25, 0.3) is 6.29 Å². The number of rotatable bonds is 70. The summed E-state index contributed by atoms with van der Waals surface area (Å²) in [5, 5.41) is 9.75. The molecule has 0 amide bonds. The first-order chi connectivity index (χ1) is 41.6. The number of esters is 2. The number of unbranched alkanes of at least 4 members (excludes halogenated alkanes) is 49. The van der Waals surface area contributed by atoms with Gasteiger partial charge < -0.3 is 28.5 Å². The molecule has 0 heterocycles. The summed E-state index contributed by atoms with van der Waals surface area (Å²) in [7, 11) is 5.99. The number of allylic oxidation sites excluding steroid dienone is 6. The molecule has 0 aliphatic carbocycles. The third kappa shape index (κ3) is 68.9. The molecule has 85 heavy (non-hydrogen) atoms. The van der Waals surface area contributed by atoms with Gasteiger partial charge in [-0.25, -0.2) is 4.79 Å². The number of carboxylic acid groups (broad SMARTS) is 1. The van der Waals surface area contributed by atoms with Gasteiger partial charge in [-0.2, -0.15) is 0 Å². The molecule has 0 saturated heterocycles. The molecule has 0 aliphatic heterocycles. The Morgan fingerprint density at radius 1 is 0.353 bits per heavy atom. The Hall–Kier alpha value is -2.49. The second-order valence-electron chi connectivity index (χ2n) is 26.6. The fraction of sp³-hybridized carbons (Fsp3) is 0.882. The van der Waals surface area contributed by atoms with Crippen molar-refractivity contribution in [3.8, 4) is 0 Å². The number of hydrogen-bond donors (Lipinski definition) is 1. The topological polar surface area (TPSA) is 108 Å². The van der Waals surface area contributed by atoms with Crippen LogP contribution in [-0.4, -0.2) is 87.4 Å². The molecule has 1 N–H and O–H groups in total. The van der Waals surface area contributed by atoms with Crippen LogP contribution in [0.15, 0.2) is 36.5 Å². The van der Waals surface area contributed by atoms with E-state index in [9.17, 15) is 19.5 Å². The smallest absolute Gasteiger partial charge is 0.361 e. The SMILES string of the molecule is CCCCCCC/C=C\C/C=C\C/C=C\CCCCCCCCCCCCCCCCCCCCCCCCC(=O)OC(COC(=O)CCCCCCCCCCCCCCCCCCCCCCCCC)COC(OCC[N+](C)(C)C)C(=O)O. The number of likely N-dealkylation sites (N-methyl/N-ethyl adjacent to an activating group) is 1. The summed E-state index contributed by atoms with van der Waals surface area (Å²) in [4.78, 5) is 37.6. The molecular formula is C76H144NO8+. The number of aliphatic carboxylic acids is 1. The lowest BCUT2D eigenvalue weighted by molar-refractivity contribution is -0.870. The van der Waals surface area contributed by atoms with Crippen LogP contribution in [-0.2, 0) is 33.3 Å². The normalized spacial score (nSPS) is 12.8. The predicted molar refractivity (Wildman–Crippen MR) is 364 cm³/mol. The number of carboxylic acids is 1. The molecule has 0 fully saturated rings. The van der Waals surface area contributed by atoms with E-state index in [0.29, 0.717) is 17.4 Å². The van der Waals surface area contributed by atoms with Gasteiger partial charge in [-0.05, 0) is 51.4 Å².